The number of anilines is 3. The van der Waals surface area contributed by atoms with E-state index in [-0.39, 0.29) is 29.3 Å². The van der Waals surface area contributed by atoms with E-state index in [1.807, 2.05) is 65.1 Å². The van der Waals surface area contributed by atoms with Crippen molar-refractivity contribution in [2.75, 3.05) is 67.1 Å². The average Bonchev–Trinajstić information content (AvgIpc) is 3.97. The smallest absolute Gasteiger partial charge is 0.328 e. The number of amides is 4. The summed E-state index contributed by atoms with van der Waals surface area (Å²) in [6, 6.07) is 19.9. The summed E-state index contributed by atoms with van der Waals surface area (Å²) in [4.78, 5) is 67.7. The molecule has 2 aromatic carbocycles. The van der Waals surface area contributed by atoms with E-state index in [4.69, 9.17) is 9.51 Å². The SMILES string of the molecule is Cc1cc(-c2ncnc3[nH]c(-c4ccc(N5CCN(CC6CCN(c7ccc(N8CCC(=O)NC8=O)cc7)CC6)CC5)nc4)cc23)ccc1C(C)NC(=O)c1nc(C(C)(C)C)no1. The standard InChI is InChI=1S/C47H54N12O4/c1-29-24-32(6-12-36(29)30(2)51-43(61)44-54-45(55-63-44)47(3,4)5)41-37-25-38(52-42(37)50-28-49-41)33-7-13-39(48-26-33)58-22-20-56(21-23-58)27-31-14-17-57(18-15-31)34-8-10-35(11-9-34)59-19-16-40(60)53-46(59)62/h6-13,24-26,28,30-31H,14-23,27H2,1-5H3,(H,51,61)(H,49,50,52)(H,53,60,62). The topological polar surface area (TPSA) is 182 Å². The summed E-state index contributed by atoms with van der Waals surface area (Å²) in [5.41, 5.74) is 8.06. The molecule has 63 heavy (non-hydrogen) atoms. The highest BCUT2D eigenvalue weighted by molar-refractivity contribution is 6.05. The van der Waals surface area contributed by atoms with Crippen molar-refractivity contribution >= 4 is 46.1 Å². The molecule has 0 spiro atoms. The minimum atomic E-state index is -0.411. The summed E-state index contributed by atoms with van der Waals surface area (Å²) in [5, 5.41) is 10.3. The molecule has 3 aliphatic rings. The Hall–Kier alpha value is -6.68. The Morgan fingerprint density at radius 1 is 0.873 bits per heavy atom. The van der Waals surface area contributed by atoms with Crippen molar-refractivity contribution in [1.29, 1.82) is 0 Å². The van der Waals surface area contributed by atoms with Gasteiger partial charge in [-0.1, -0.05) is 38.1 Å². The third kappa shape index (κ3) is 8.98. The van der Waals surface area contributed by atoms with Crippen molar-refractivity contribution in [1.82, 2.24) is 45.6 Å². The first-order chi connectivity index (χ1) is 30.4. The van der Waals surface area contributed by atoms with Crippen LogP contribution >= 0.6 is 0 Å². The van der Waals surface area contributed by atoms with Gasteiger partial charge in [-0.3, -0.25) is 24.7 Å². The molecule has 3 N–H and O–H groups in total. The van der Waals surface area contributed by atoms with Gasteiger partial charge in [-0.2, -0.15) is 4.98 Å². The molecule has 0 saturated carbocycles. The second-order valence-corrected chi connectivity index (χ2v) is 18.0. The molecule has 0 bridgehead atoms. The van der Waals surface area contributed by atoms with Crippen molar-refractivity contribution in [3.63, 3.8) is 0 Å². The number of carbonyl (C=O) groups excluding carboxylic acids is 3. The van der Waals surface area contributed by atoms with Crippen molar-refractivity contribution < 1.29 is 18.9 Å². The summed E-state index contributed by atoms with van der Waals surface area (Å²) in [7, 11) is 0. The maximum atomic E-state index is 12.9. The van der Waals surface area contributed by atoms with Gasteiger partial charge in [-0.05, 0) is 92.3 Å². The van der Waals surface area contributed by atoms with Gasteiger partial charge >= 0.3 is 17.8 Å². The number of pyridine rings is 1. The predicted octanol–water partition coefficient (Wildman–Crippen LogP) is 6.65. The minimum absolute atomic E-state index is 0.0499. The first-order valence-electron chi connectivity index (χ1n) is 21.9. The maximum absolute atomic E-state index is 12.9. The van der Waals surface area contributed by atoms with E-state index in [9.17, 15) is 14.4 Å². The number of aromatic amines is 1. The number of aryl methyl sites for hydroxylation is 1. The van der Waals surface area contributed by atoms with E-state index in [0.717, 1.165) is 115 Å². The fraction of sp³-hybridized carbons (Fsp3) is 0.404. The number of H-pyrrole nitrogens is 1. The molecule has 1 atom stereocenters. The summed E-state index contributed by atoms with van der Waals surface area (Å²) < 4.78 is 5.25. The highest BCUT2D eigenvalue weighted by Gasteiger charge is 2.28. The van der Waals surface area contributed by atoms with Gasteiger partial charge in [0, 0.05) is 104 Å². The number of piperazine rings is 1. The lowest BCUT2D eigenvalue weighted by Gasteiger charge is -2.39. The number of imide groups is 1. The number of hydrogen-bond acceptors (Lipinski definition) is 12. The summed E-state index contributed by atoms with van der Waals surface area (Å²) in [6.07, 6.45) is 6.13. The van der Waals surface area contributed by atoms with E-state index >= 15 is 0 Å². The van der Waals surface area contributed by atoms with E-state index < -0.39 is 5.91 Å². The van der Waals surface area contributed by atoms with E-state index in [2.05, 4.69) is 86.8 Å². The van der Waals surface area contributed by atoms with Gasteiger partial charge in [0.25, 0.3) is 0 Å². The second kappa shape index (κ2) is 17.2. The van der Waals surface area contributed by atoms with Gasteiger partial charge in [0.15, 0.2) is 5.82 Å². The van der Waals surface area contributed by atoms with Crippen LogP contribution in [0.1, 0.15) is 80.6 Å². The number of hydrogen-bond donors (Lipinski definition) is 3. The van der Waals surface area contributed by atoms with Crippen molar-refractivity contribution in [3.05, 3.63) is 96.0 Å². The molecule has 3 saturated heterocycles. The number of nitrogens with one attached hydrogen (secondary N) is 3. The number of piperidine rings is 1. The van der Waals surface area contributed by atoms with E-state index in [0.29, 0.717) is 24.7 Å². The van der Waals surface area contributed by atoms with Crippen molar-refractivity contribution in [3.8, 4) is 22.5 Å². The number of rotatable bonds is 10. The zero-order valence-corrected chi connectivity index (χ0v) is 36.5. The zero-order valence-electron chi connectivity index (χ0n) is 36.5. The first-order valence-corrected chi connectivity index (χ1v) is 21.9. The molecule has 16 heteroatoms. The summed E-state index contributed by atoms with van der Waals surface area (Å²) >= 11 is 0. The largest absolute Gasteiger partial charge is 0.372 e. The third-order valence-corrected chi connectivity index (χ3v) is 12.5. The Morgan fingerprint density at radius 3 is 2.30 bits per heavy atom. The van der Waals surface area contributed by atoms with Gasteiger partial charge in [0.2, 0.25) is 5.91 Å². The van der Waals surface area contributed by atoms with Gasteiger partial charge in [0.1, 0.15) is 17.8 Å². The highest BCUT2D eigenvalue weighted by Crippen LogP contribution is 2.33. The minimum Gasteiger partial charge on any atom is -0.372 e. The predicted molar refractivity (Wildman–Crippen MR) is 242 cm³/mol. The lowest BCUT2D eigenvalue weighted by Crippen LogP contribution is -2.49. The Bertz CT molecular complexity index is 2620. The summed E-state index contributed by atoms with van der Waals surface area (Å²) in [5.74, 6) is 1.45. The first kappa shape index (κ1) is 41.7. The van der Waals surface area contributed by atoms with Crippen LogP contribution < -0.4 is 25.3 Å². The number of urea groups is 1. The van der Waals surface area contributed by atoms with Crippen LogP contribution in [0.3, 0.4) is 0 Å². The zero-order chi connectivity index (χ0) is 43.8. The van der Waals surface area contributed by atoms with Crippen LogP contribution in [0.25, 0.3) is 33.5 Å². The quantitative estimate of drug-likeness (QED) is 0.134. The number of nitrogens with zero attached hydrogens (tertiary/aromatic N) is 9. The van der Waals surface area contributed by atoms with Crippen LogP contribution in [-0.4, -0.2) is 105 Å². The Morgan fingerprint density at radius 2 is 1.62 bits per heavy atom. The van der Waals surface area contributed by atoms with Crippen LogP contribution in [0.4, 0.5) is 22.0 Å². The molecule has 0 aliphatic carbocycles. The Kier molecular flexibility index (Phi) is 11.4. The monoisotopic (exact) mass is 850 g/mol. The molecule has 6 aromatic rings. The Labute approximate surface area is 366 Å². The maximum Gasteiger partial charge on any atom is 0.328 e. The number of aromatic nitrogens is 6. The van der Waals surface area contributed by atoms with E-state index in [1.165, 1.54) is 5.69 Å². The average molecular weight is 851 g/mol. The molecule has 3 aliphatic heterocycles. The van der Waals surface area contributed by atoms with Crippen LogP contribution in [0, 0.1) is 12.8 Å². The normalized spacial score (nSPS) is 17.3. The van der Waals surface area contributed by atoms with Gasteiger partial charge in [0.05, 0.1) is 11.7 Å². The lowest BCUT2D eigenvalue weighted by atomic mass is 9.95. The van der Waals surface area contributed by atoms with Gasteiger partial charge < -0.3 is 24.6 Å². The second-order valence-electron chi connectivity index (χ2n) is 18.0. The molecule has 4 aromatic heterocycles. The Balaban J connectivity index is 0.768. The van der Waals surface area contributed by atoms with E-state index in [1.54, 1.807) is 11.2 Å². The number of fused-ring (bicyclic) bond motifs is 1. The van der Waals surface area contributed by atoms with Crippen LogP contribution in [0.2, 0.25) is 0 Å². The lowest BCUT2D eigenvalue weighted by molar-refractivity contribution is -0.120. The van der Waals surface area contributed by atoms with Crippen LogP contribution in [0.5, 0.6) is 0 Å². The molecule has 7 heterocycles. The number of carbonyl (C=O) groups is 3. The van der Waals surface area contributed by atoms with Crippen molar-refractivity contribution in [2.24, 2.45) is 5.92 Å². The fourth-order valence-electron chi connectivity index (χ4n) is 8.88. The molecule has 3 fully saturated rings. The highest BCUT2D eigenvalue weighted by atomic mass is 16.5. The van der Waals surface area contributed by atoms with Crippen LogP contribution in [-0.2, 0) is 10.2 Å². The molecule has 9 rings (SSSR count). The molecule has 16 nitrogen and oxygen atoms in total. The van der Waals surface area contributed by atoms with Crippen LogP contribution in [0.15, 0.2) is 77.7 Å². The van der Waals surface area contributed by atoms with Crippen molar-refractivity contribution in [2.45, 2.75) is 65.3 Å². The van der Waals surface area contributed by atoms with Gasteiger partial charge in [-0.25, -0.2) is 19.7 Å². The van der Waals surface area contributed by atoms with Gasteiger partial charge in [-0.15, -0.1) is 0 Å². The number of benzene rings is 2. The fourth-order valence-corrected chi connectivity index (χ4v) is 8.88. The molecular formula is C47H54N12O4. The molecule has 4 amide bonds. The molecule has 1 unspecified atom stereocenters. The molecule has 326 valence electrons. The molecule has 0 radical (unpaired) electrons. The third-order valence-electron chi connectivity index (χ3n) is 12.5. The summed E-state index contributed by atoms with van der Waals surface area (Å²) in [6.45, 7) is 17.3. The molecular weight excluding hydrogens is 797 g/mol.